The van der Waals surface area contributed by atoms with Crippen molar-refractivity contribution in [2.45, 2.75) is 38.0 Å². The molecule has 0 unspecified atom stereocenters. The van der Waals surface area contributed by atoms with Gasteiger partial charge in [0.2, 0.25) is 5.91 Å². The van der Waals surface area contributed by atoms with Crippen molar-refractivity contribution in [3.05, 3.63) is 29.6 Å². The Morgan fingerprint density at radius 3 is 2.78 bits per heavy atom. The predicted molar refractivity (Wildman–Crippen MR) is 86.7 cm³/mol. The minimum absolute atomic E-state index is 0.0329. The Bertz CT molecular complexity index is 575. The molecule has 2 aliphatic rings. The molecule has 1 aromatic rings. The van der Waals surface area contributed by atoms with E-state index in [9.17, 15) is 9.18 Å². The molecule has 2 heterocycles. The summed E-state index contributed by atoms with van der Waals surface area (Å²) in [7, 11) is 1.63. The fraction of sp³-hybridized carbons (Fsp3) is 0.588. The van der Waals surface area contributed by atoms with E-state index >= 15 is 0 Å². The Morgan fingerprint density at radius 2 is 2.13 bits per heavy atom. The molecule has 0 saturated carbocycles. The topological polar surface area (TPSA) is 58.8 Å². The number of methoxy groups -OCH3 is 1. The number of nitrogens with zero attached hydrogens (tertiary/aromatic N) is 2. The highest BCUT2D eigenvalue weighted by Crippen LogP contribution is 2.30. The first kappa shape index (κ1) is 16.2. The molecule has 0 radical (unpaired) electrons. The van der Waals surface area contributed by atoms with Gasteiger partial charge in [-0.2, -0.15) is 0 Å². The SMILES string of the molecule is CO[C@H]1C[C@@H](C(N)=O)N(Cc2c(F)cccc2N2CCCC2)C1. The molecule has 2 saturated heterocycles. The normalized spacial score (nSPS) is 25.2. The molecule has 2 fully saturated rings. The van der Waals surface area contributed by atoms with Gasteiger partial charge >= 0.3 is 0 Å². The summed E-state index contributed by atoms with van der Waals surface area (Å²) in [6.45, 7) is 2.89. The minimum atomic E-state index is -0.397. The van der Waals surface area contributed by atoms with Gasteiger partial charge < -0.3 is 15.4 Å². The molecule has 0 bridgehead atoms. The molecule has 0 aromatic heterocycles. The number of ether oxygens (including phenoxy) is 1. The monoisotopic (exact) mass is 321 g/mol. The zero-order valence-corrected chi connectivity index (χ0v) is 13.5. The van der Waals surface area contributed by atoms with Gasteiger partial charge in [-0.15, -0.1) is 0 Å². The van der Waals surface area contributed by atoms with Crippen molar-refractivity contribution in [1.82, 2.24) is 4.90 Å². The zero-order chi connectivity index (χ0) is 16.4. The number of benzene rings is 1. The van der Waals surface area contributed by atoms with Gasteiger partial charge in [-0.1, -0.05) is 6.07 Å². The number of nitrogens with two attached hydrogens (primary N) is 1. The van der Waals surface area contributed by atoms with Gasteiger partial charge in [0.1, 0.15) is 5.82 Å². The summed E-state index contributed by atoms with van der Waals surface area (Å²) in [5, 5.41) is 0. The Balaban J connectivity index is 1.85. The Labute approximate surface area is 136 Å². The molecular weight excluding hydrogens is 297 g/mol. The van der Waals surface area contributed by atoms with Crippen LogP contribution >= 0.6 is 0 Å². The van der Waals surface area contributed by atoms with Crippen molar-refractivity contribution in [3.63, 3.8) is 0 Å². The van der Waals surface area contributed by atoms with Crippen molar-refractivity contribution in [2.75, 3.05) is 31.6 Å². The van der Waals surface area contributed by atoms with Crippen LogP contribution in [-0.2, 0) is 16.1 Å². The Morgan fingerprint density at radius 1 is 1.39 bits per heavy atom. The average Bonchev–Trinajstić information content (AvgIpc) is 3.18. The number of likely N-dealkylation sites (tertiary alicyclic amines) is 1. The van der Waals surface area contributed by atoms with E-state index in [2.05, 4.69) is 4.90 Å². The van der Waals surface area contributed by atoms with Gasteiger partial charge in [-0.3, -0.25) is 9.69 Å². The van der Waals surface area contributed by atoms with Crippen LogP contribution in [0, 0.1) is 5.82 Å². The highest BCUT2D eigenvalue weighted by Gasteiger charge is 2.36. The van der Waals surface area contributed by atoms with Gasteiger partial charge in [0.05, 0.1) is 12.1 Å². The lowest BCUT2D eigenvalue weighted by Gasteiger charge is -2.26. The summed E-state index contributed by atoms with van der Waals surface area (Å²) < 4.78 is 19.8. The summed E-state index contributed by atoms with van der Waals surface area (Å²) in [4.78, 5) is 15.9. The Hall–Kier alpha value is -1.66. The lowest BCUT2D eigenvalue weighted by molar-refractivity contribution is -0.122. The number of hydrogen-bond acceptors (Lipinski definition) is 4. The molecule has 2 N–H and O–H groups in total. The first-order valence-corrected chi connectivity index (χ1v) is 8.18. The third kappa shape index (κ3) is 3.33. The predicted octanol–water partition coefficient (Wildman–Crippen LogP) is 1.50. The zero-order valence-electron chi connectivity index (χ0n) is 13.5. The number of primary amides is 1. The number of hydrogen-bond donors (Lipinski definition) is 1. The lowest BCUT2D eigenvalue weighted by atomic mass is 10.1. The first-order valence-electron chi connectivity index (χ1n) is 8.18. The van der Waals surface area contributed by atoms with Crippen molar-refractivity contribution >= 4 is 11.6 Å². The molecule has 6 heteroatoms. The molecule has 0 spiro atoms. The molecule has 5 nitrogen and oxygen atoms in total. The van der Waals surface area contributed by atoms with Crippen LogP contribution in [-0.4, -0.2) is 49.7 Å². The largest absolute Gasteiger partial charge is 0.380 e. The maximum Gasteiger partial charge on any atom is 0.234 e. The standard InChI is InChI=1S/C17H24FN3O2/c1-23-12-9-16(17(19)22)21(10-12)11-13-14(18)5-4-6-15(13)20-7-2-3-8-20/h4-6,12,16H,2-3,7-11H2,1H3,(H2,19,22)/t12-,16-/m0/s1. The highest BCUT2D eigenvalue weighted by molar-refractivity contribution is 5.80. The second-order valence-corrected chi connectivity index (χ2v) is 6.37. The van der Waals surface area contributed by atoms with Crippen LogP contribution in [0.3, 0.4) is 0 Å². The number of rotatable bonds is 5. The third-order valence-corrected chi connectivity index (χ3v) is 4.93. The van der Waals surface area contributed by atoms with E-state index in [1.165, 1.54) is 6.07 Å². The molecule has 0 aliphatic carbocycles. The van der Waals surface area contributed by atoms with E-state index in [0.29, 0.717) is 25.1 Å². The summed E-state index contributed by atoms with van der Waals surface area (Å²) in [6, 6.07) is 4.80. The molecular formula is C17H24FN3O2. The molecule has 23 heavy (non-hydrogen) atoms. The van der Waals surface area contributed by atoms with Crippen LogP contribution in [0.4, 0.5) is 10.1 Å². The molecule has 126 valence electrons. The second kappa shape index (κ2) is 6.84. The summed E-state index contributed by atoms with van der Waals surface area (Å²) >= 11 is 0. The van der Waals surface area contributed by atoms with Crippen LogP contribution < -0.4 is 10.6 Å². The van der Waals surface area contributed by atoms with Gasteiger partial charge in [-0.25, -0.2) is 4.39 Å². The van der Waals surface area contributed by atoms with E-state index in [1.54, 1.807) is 13.2 Å². The highest BCUT2D eigenvalue weighted by atomic mass is 19.1. The fourth-order valence-corrected chi connectivity index (χ4v) is 3.66. The van der Waals surface area contributed by atoms with Crippen molar-refractivity contribution in [2.24, 2.45) is 5.73 Å². The first-order chi connectivity index (χ1) is 11.1. The van der Waals surface area contributed by atoms with Crippen LogP contribution in [0.1, 0.15) is 24.8 Å². The molecule has 1 amide bonds. The van der Waals surface area contributed by atoms with Gasteiger partial charge in [0, 0.05) is 44.5 Å². The molecule has 2 atom stereocenters. The fourth-order valence-electron chi connectivity index (χ4n) is 3.66. The smallest absolute Gasteiger partial charge is 0.234 e. The van der Waals surface area contributed by atoms with Gasteiger partial charge in [-0.05, 0) is 31.4 Å². The minimum Gasteiger partial charge on any atom is -0.380 e. The maximum absolute atomic E-state index is 14.5. The van der Waals surface area contributed by atoms with E-state index < -0.39 is 6.04 Å². The number of carbonyl (C=O) groups is 1. The lowest BCUT2D eigenvalue weighted by Crippen LogP contribution is -2.40. The van der Waals surface area contributed by atoms with E-state index in [4.69, 9.17) is 10.5 Å². The number of anilines is 1. The van der Waals surface area contributed by atoms with E-state index in [-0.39, 0.29) is 17.8 Å². The summed E-state index contributed by atoms with van der Waals surface area (Å²) in [6.07, 6.45) is 2.80. The van der Waals surface area contributed by atoms with Crippen LogP contribution in [0.25, 0.3) is 0 Å². The second-order valence-electron chi connectivity index (χ2n) is 6.37. The molecule has 1 aromatic carbocycles. The maximum atomic E-state index is 14.5. The van der Waals surface area contributed by atoms with Crippen molar-refractivity contribution in [1.29, 1.82) is 0 Å². The van der Waals surface area contributed by atoms with E-state index in [0.717, 1.165) is 31.6 Å². The molecule has 2 aliphatic heterocycles. The van der Waals surface area contributed by atoms with Crippen LogP contribution in [0.2, 0.25) is 0 Å². The van der Waals surface area contributed by atoms with Crippen LogP contribution in [0.15, 0.2) is 18.2 Å². The van der Waals surface area contributed by atoms with Gasteiger partial charge in [0.25, 0.3) is 0 Å². The van der Waals surface area contributed by atoms with Crippen molar-refractivity contribution in [3.8, 4) is 0 Å². The van der Waals surface area contributed by atoms with Gasteiger partial charge in [0.15, 0.2) is 0 Å². The van der Waals surface area contributed by atoms with Crippen LogP contribution in [0.5, 0.6) is 0 Å². The van der Waals surface area contributed by atoms with Crippen molar-refractivity contribution < 1.29 is 13.9 Å². The quantitative estimate of drug-likeness (QED) is 0.893. The number of carbonyl (C=O) groups excluding carboxylic acids is 1. The summed E-state index contributed by atoms with van der Waals surface area (Å²) in [5.41, 5.74) is 7.10. The number of halogens is 1. The van der Waals surface area contributed by atoms with E-state index in [1.807, 2.05) is 11.0 Å². The average molecular weight is 321 g/mol. The third-order valence-electron chi connectivity index (χ3n) is 4.93. The summed E-state index contributed by atoms with van der Waals surface area (Å²) in [5.74, 6) is -0.595. The molecule has 3 rings (SSSR count). The number of amides is 1. The Kier molecular flexibility index (Phi) is 4.82.